The monoisotopic (exact) mass is 407 g/mol. The third-order valence-electron chi connectivity index (χ3n) is 3.31. The number of nitrogens with one attached hydrogen (secondary N) is 2. The van der Waals surface area contributed by atoms with E-state index in [2.05, 4.69) is 26.6 Å². The van der Waals surface area contributed by atoms with Gasteiger partial charge in [0, 0.05) is 16.2 Å². The van der Waals surface area contributed by atoms with Gasteiger partial charge in [-0.1, -0.05) is 28.1 Å². The van der Waals surface area contributed by atoms with Gasteiger partial charge in [0.05, 0.1) is 4.92 Å². The molecule has 0 aliphatic rings. The number of hydrogen-bond acceptors (Lipinski definition) is 4. The van der Waals surface area contributed by atoms with E-state index in [4.69, 9.17) is 12.2 Å². The molecule has 0 heterocycles. The van der Waals surface area contributed by atoms with Crippen LogP contribution in [0.5, 0.6) is 0 Å². The van der Waals surface area contributed by atoms with Gasteiger partial charge in [0.25, 0.3) is 11.6 Å². The van der Waals surface area contributed by atoms with Crippen LogP contribution < -0.4 is 10.6 Å². The highest BCUT2D eigenvalue weighted by atomic mass is 79.9. The lowest BCUT2D eigenvalue weighted by atomic mass is 10.1. The maximum atomic E-state index is 12.2. The van der Waals surface area contributed by atoms with Gasteiger partial charge < -0.3 is 5.32 Å². The van der Waals surface area contributed by atoms with Crippen LogP contribution >= 0.6 is 28.1 Å². The molecular weight excluding hydrogens is 394 g/mol. The summed E-state index contributed by atoms with van der Waals surface area (Å²) in [6.07, 6.45) is 0. The fourth-order valence-electron chi connectivity index (χ4n) is 2.25. The average molecular weight is 408 g/mol. The summed E-state index contributed by atoms with van der Waals surface area (Å²) >= 11 is 8.56. The smallest absolute Gasteiger partial charge is 0.282 e. The minimum Gasteiger partial charge on any atom is -0.332 e. The Balaban J connectivity index is 2.16. The first-order chi connectivity index (χ1) is 11.3. The second-order valence-electron chi connectivity index (χ2n) is 5.10. The number of nitrogens with zero attached hydrogens (tertiary/aromatic N) is 1. The first-order valence-electron chi connectivity index (χ1n) is 6.92. The standard InChI is InChI=1S/C16H14BrN3O3S/c1-9-7-11(17)8-10(2)14(9)18-16(24)19-15(21)12-5-3-4-6-13(12)20(22)23/h3-8H,1-2H3,(H2,18,19,21,24). The Bertz CT molecular complexity index is 816. The molecule has 2 aromatic carbocycles. The summed E-state index contributed by atoms with van der Waals surface area (Å²) in [6, 6.07) is 9.55. The van der Waals surface area contributed by atoms with E-state index in [-0.39, 0.29) is 16.4 Å². The van der Waals surface area contributed by atoms with E-state index in [0.717, 1.165) is 21.3 Å². The Hall–Kier alpha value is -2.32. The lowest BCUT2D eigenvalue weighted by molar-refractivity contribution is -0.385. The van der Waals surface area contributed by atoms with Crippen molar-refractivity contribution in [1.29, 1.82) is 0 Å². The molecule has 24 heavy (non-hydrogen) atoms. The molecule has 0 fully saturated rings. The lowest BCUT2D eigenvalue weighted by Crippen LogP contribution is -2.34. The number of carbonyl (C=O) groups is 1. The van der Waals surface area contributed by atoms with E-state index >= 15 is 0 Å². The topological polar surface area (TPSA) is 84.3 Å². The van der Waals surface area contributed by atoms with Crippen LogP contribution in [0.3, 0.4) is 0 Å². The zero-order chi connectivity index (χ0) is 17.9. The molecule has 124 valence electrons. The summed E-state index contributed by atoms with van der Waals surface area (Å²) in [4.78, 5) is 22.6. The molecule has 6 nitrogen and oxygen atoms in total. The lowest BCUT2D eigenvalue weighted by Gasteiger charge is -2.14. The van der Waals surface area contributed by atoms with Crippen molar-refractivity contribution < 1.29 is 9.72 Å². The van der Waals surface area contributed by atoms with Gasteiger partial charge in [0.15, 0.2) is 5.11 Å². The number of aryl methyl sites for hydroxylation is 2. The van der Waals surface area contributed by atoms with Crippen molar-refractivity contribution in [3.63, 3.8) is 0 Å². The van der Waals surface area contributed by atoms with E-state index in [1.165, 1.54) is 18.2 Å². The van der Waals surface area contributed by atoms with Crippen LogP contribution in [-0.2, 0) is 0 Å². The van der Waals surface area contributed by atoms with Crippen molar-refractivity contribution in [2.75, 3.05) is 5.32 Å². The van der Waals surface area contributed by atoms with Gasteiger partial charge in [-0.2, -0.15) is 0 Å². The highest BCUT2D eigenvalue weighted by Gasteiger charge is 2.20. The van der Waals surface area contributed by atoms with Crippen molar-refractivity contribution in [3.05, 3.63) is 67.7 Å². The van der Waals surface area contributed by atoms with Crippen LogP contribution in [-0.4, -0.2) is 15.9 Å². The average Bonchev–Trinajstić information content (AvgIpc) is 2.50. The van der Waals surface area contributed by atoms with Gasteiger partial charge in [0.1, 0.15) is 5.56 Å². The van der Waals surface area contributed by atoms with Gasteiger partial charge in [-0.05, 0) is 55.4 Å². The number of thiocarbonyl (C=S) groups is 1. The number of amides is 1. The molecular formula is C16H14BrN3O3S. The SMILES string of the molecule is Cc1cc(Br)cc(C)c1NC(=S)NC(=O)c1ccccc1[N+](=O)[O-]. The van der Waals surface area contributed by atoms with Crippen LogP contribution in [0.2, 0.25) is 0 Å². The largest absolute Gasteiger partial charge is 0.332 e. The first-order valence-corrected chi connectivity index (χ1v) is 8.12. The predicted octanol–water partition coefficient (Wildman–Crippen LogP) is 4.10. The van der Waals surface area contributed by atoms with E-state index in [9.17, 15) is 14.9 Å². The number of benzene rings is 2. The number of para-hydroxylation sites is 1. The van der Waals surface area contributed by atoms with E-state index in [1.807, 2.05) is 26.0 Å². The molecule has 0 aliphatic heterocycles. The summed E-state index contributed by atoms with van der Waals surface area (Å²) in [5, 5.41) is 16.5. The quantitative estimate of drug-likeness (QED) is 0.454. The van der Waals surface area contributed by atoms with Crippen LogP contribution in [0.1, 0.15) is 21.5 Å². The number of hydrogen-bond donors (Lipinski definition) is 2. The molecule has 0 radical (unpaired) electrons. The molecule has 0 saturated carbocycles. The summed E-state index contributed by atoms with van der Waals surface area (Å²) in [7, 11) is 0. The van der Waals surface area contributed by atoms with Crippen LogP contribution in [0.25, 0.3) is 0 Å². The minimum absolute atomic E-state index is 0.0455. The molecule has 2 aromatic rings. The number of nitro benzene ring substituents is 1. The molecule has 0 aromatic heterocycles. The normalized spacial score (nSPS) is 10.1. The predicted molar refractivity (Wildman–Crippen MR) is 100 cm³/mol. The van der Waals surface area contributed by atoms with Crippen molar-refractivity contribution in [1.82, 2.24) is 5.32 Å². The molecule has 0 bridgehead atoms. The van der Waals surface area contributed by atoms with Crippen LogP contribution in [0.15, 0.2) is 40.9 Å². The Morgan fingerprint density at radius 2 is 1.79 bits per heavy atom. The molecule has 0 atom stereocenters. The minimum atomic E-state index is -0.632. The van der Waals surface area contributed by atoms with Gasteiger partial charge in [-0.25, -0.2) is 0 Å². The first kappa shape index (κ1) is 18.0. The summed E-state index contributed by atoms with van der Waals surface area (Å²) in [5.74, 6) is -0.632. The number of halogens is 1. The van der Waals surface area contributed by atoms with Gasteiger partial charge in [0.2, 0.25) is 0 Å². The van der Waals surface area contributed by atoms with Crippen LogP contribution in [0.4, 0.5) is 11.4 Å². The molecule has 2 rings (SSSR count). The Morgan fingerprint density at radius 1 is 1.21 bits per heavy atom. The second kappa shape index (κ2) is 7.50. The molecule has 0 saturated heterocycles. The number of nitro groups is 1. The Labute approximate surface area is 152 Å². The Kier molecular flexibility index (Phi) is 5.63. The number of rotatable bonds is 3. The highest BCUT2D eigenvalue weighted by molar-refractivity contribution is 9.10. The molecule has 8 heteroatoms. The van der Waals surface area contributed by atoms with E-state index in [0.29, 0.717) is 0 Å². The van der Waals surface area contributed by atoms with Crippen LogP contribution in [0, 0.1) is 24.0 Å². The van der Waals surface area contributed by atoms with Gasteiger partial charge >= 0.3 is 0 Å². The maximum Gasteiger partial charge on any atom is 0.282 e. The Morgan fingerprint density at radius 3 is 2.38 bits per heavy atom. The zero-order valence-corrected chi connectivity index (χ0v) is 15.3. The fraction of sp³-hybridized carbons (Fsp3) is 0.125. The van der Waals surface area contributed by atoms with Gasteiger partial charge in [-0.15, -0.1) is 0 Å². The summed E-state index contributed by atoms with van der Waals surface area (Å²) < 4.78 is 0.943. The number of carbonyl (C=O) groups excluding carboxylic acids is 1. The van der Waals surface area contributed by atoms with Crippen molar-refractivity contribution in [3.8, 4) is 0 Å². The third kappa shape index (κ3) is 4.15. The second-order valence-corrected chi connectivity index (χ2v) is 6.42. The van der Waals surface area contributed by atoms with E-state index in [1.54, 1.807) is 6.07 Å². The molecule has 0 unspecified atom stereocenters. The fourth-order valence-corrected chi connectivity index (χ4v) is 3.13. The molecule has 0 spiro atoms. The maximum absolute atomic E-state index is 12.2. The molecule has 2 N–H and O–H groups in total. The van der Waals surface area contributed by atoms with Crippen molar-refractivity contribution >= 4 is 50.5 Å². The highest BCUT2D eigenvalue weighted by Crippen LogP contribution is 2.25. The molecule has 1 amide bonds. The summed E-state index contributed by atoms with van der Waals surface area (Å²) in [6.45, 7) is 3.82. The molecule has 0 aliphatic carbocycles. The van der Waals surface area contributed by atoms with Crippen molar-refractivity contribution in [2.45, 2.75) is 13.8 Å². The van der Waals surface area contributed by atoms with E-state index < -0.39 is 10.8 Å². The van der Waals surface area contributed by atoms with Crippen molar-refractivity contribution in [2.24, 2.45) is 0 Å². The summed E-state index contributed by atoms with van der Waals surface area (Å²) in [5.41, 5.74) is 2.36. The third-order valence-corrected chi connectivity index (χ3v) is 3.97. The zero-order valence-electron chi connectivity index (χ0n) is 12.9. The number of anilines is 1. The van der Waals surface area contributed by atoms with Gasteiger partial charge in [-0.3, -0.25) is 20.2 Å².